The van der Waals surface area contributed by atoms with Gasteiger partial charge in [0.05, 0.1) is 11.4 Å². The van der Waals surface area contributed by atoms with Crippen LogP contribution >= 0.6 is 0 Å². The van der Waals surface area contributed by atoms with Crippen molar-refractivity contribution in [2.75, 3.05) is 26.2 Å². The van der Waals surface area contributed by atoms with Gasteiger partial charge in [-0.3, -0.25) is 9.48 Å². The summed E-state index contributed by atoms with van der Waals surface area (Å²) in [6.45, 7) is 7.05. The summed E-state index contributed by atoms with van der Waals surface area (Å²) in [5.74, 6) is -0.0961. The first-order valence-corrected chi connectivity index (χ1v) is 11.2. The Morgan fingerprint density at radius 2 is 1.79 bits per heavy atom. The van der Waals surface area contributed by atoms with Gasteiger partial charge >= 0.3 is 0 Å². The van der Waals surface area contributed by atoms with E-state index in [1.165, 1.54) is 4.31 Å². The average molecular weight is 417 g/mol. The first kappa shape index (κ1) is 21.3. The summed E-state index contributed by atoms with van der Waals surface area (Å²) in [4.78, 5) is 14.6. The molecule has 1 aliphatic rings. The lowest BCUT2D eigenvalue weighted by Crippen LogP contribution is -2.37. The van der Waals surface area contributed by atoms with Crippen molar-refractivity contribution in [1.29, 1.82) is 0 Å². The molecule has 0 spiro atoms. The second-order valence-corrected chi connectivity index (χ2v) is 9.27. The molecule has 0 atom stereocenters. The lowest BCUT2D eigenvalue weighted by molar-refractivity contribution is -0.125. The van der Waals surface area contributed by atoms with Gasteiger partial charge in [0, 0.05) is 39.3 Å². The Morgan fingerprint density at radius 1 is 1.07 bits per heavy atom. The molecule has 8 heteroatoms. The van der Waals surface area contributed by atoms with Gasteiger partial charge in [0.15, 0.2) is 0 Å². The molecule has 2 aromatic rings. The number of rotatable bonds is 4. The number of amides is 1. The number of sulfonamides is 1. The predicted molar refractivity (Wildman–Crippen MR) is 113 cm³/mol. The summed E-state index contributed by atoms with van der Waals surface area (Å²) < 4.78 is 29.4. The lowest BCUT2D eigenvalue weighted by Gasteiger charge is -2.21. The Morgan fingerprint density at radius 3 is 2.45 bits per heavy atom. The van der Waals surface area contributed by atoms with Gasteiger partial charge < -0.3 is 4.90 Å². The maximum Gasteiger partial charge on any atom is 0.246 e. The molecule has 1 fully saturated rings. The summed E-state index contributed by atoms with van der Waals surface area (Å²) in [5, 5.41) is 4.24. The van der Waals surface area contributed by atoms with Gasteiger partial charge in [-0.25, -0.2) is 8.42 Å². The highest BCUT2D eigenvalue weighted by Crippen LogP contribution is 2.24. The molecule has 0 saturated carbocycles. The zero-order valence-corrected chi connectivity index (χ0v) is 18.2. The van der Waals surface area contributed by atoms with E-state index >= 15 is 0 Å². The first-order chi connectivity index (χ1) is 13.7. The molecule has 156 valence electrons. The molecule has 0 radical (unpaired) electrons. The van der Waals surface area contributed by atoms with E-state index < -0.39 is 10.0 Å². The van der Waals surface area contributed by atoms with E-state index in [9.17, 15) is 13.2 Å². The Bertz CT molecular complexity index is 1040. The molecule has 0 unspecified atom stereocenters. The molecule has 1 amide bonds. The van der Waals surface area contributed by atoms with Crippen LogP contribution in [0.2, 0.25) is 0 Å². The summed E-state index contributed by atoms with van der Waals surface area (Å²) in [6.07, 6.45) is 3.99. The molecule has 2 heterocycles. The van der Waals surface area contributed by atoms with Crippen LogP contribution in [0.25, 0.3) is 6.08 Å². The van der Waals surface area contributed by atoms with Crippen LogP contribution in [0.5, 0.6) is 0 Å². The third-order valence-electron chi connectivity index (χ3n) is 5.40. The largest absolute Gasteiger partial charge is 0.338 e. The van der Waals surface area contributed by atoms with E-state index in [0.717, 1.165) is 11.1 Å². The third-order valence-corrected chi connectivity index (χ3v) is 7.55. The van der Waals surface area contributed by atoms with Crippen LogP contribution in [0.1, 0.15) is 28.9 Å². The second kappa shape index (κ2) is 8.51. The predicted octanol–water partition coefficient (Wildman–Crippen LogP) is 2.28. The fourth-order valence-electron chi connectivity index (χ4n) is 3.65. The second-order valence-electron chi connectivity index (χ2n) is 7.40. The Hall–Kier alpha value is -2.45. The zero-order chi connectivity index (χ0) is 21.2. The van der Waals surface area contributed by atoms with Crippen LogP contribution in [0.3, 0.4) is 0 Å². The topological polar surface area (TPSA) is 75.5 Å². The van der Waals surface area contributed by atoms with Crippen LogP contribution < -0.4 is 0 Å². The monoisotopic (exact) mass is 416 g/mol. The molecular formula is C21H28N4O3S. The number of aryl methyl sites for hydroxylation is 3. The number of hydrogen-bond donors (Lipinski definition) is 0. The molecule has 3 rings (SSSR count). The van der Waals surface area contributed by atoms with Gasteiger partial charge in [-0.2, -0.15) is 9.40 Å². The number of hydrogen-bond acceptors (Lipinski definition) is 4. The molecule has 1 saturated heterocycles. The van der Waals surface area contributed by atoms with E-state index in [0.29, 0.717) is 37.4 Å². The summed E-state index contributed by atoms with van der Waals surface area (Å²) in [6, 6.07) is 7.87. The van der Waals surface area contributed by atoms with E-state index in [2.05, 4.69) is 5.10 Å². The van der Waals surface area contributed by atoms with Crippen molar-refractivity contribution < 1.29 is 13.2 Å². The van der Waals surface area contributed by atoms with Crippen molar-refractivity contribution in [2.24, 2.45) is 7.05 Å². The minimum absolute atomic E-state index is 0.0961. The van der Waals surface area contributed by atoms with Crippen molar-refractivity contribution in [3.63, 3.8) is 0 Å². The lowest BCUT2D eigenvalue weighted by atomic mass is 10.1. The highest BCUT2D eigenvalue weighted by atomic mass is 32.2. The summed E-state index contributed by atoms with van der Waals surface area (Å²) in [7, 11) is -1.90. The fraction of sp³-hybridized carbons (Fsp3) is 0.429. The SMILES string of the molecule is Cc1ccccc1/C=C/C(=O)N1CCCN(S(=O)(=O)c2c(C)nn(C)c2C)CC1. The first-order valence-electron chi connectivity index (χ1n) is 9.75. The molecule has 1 aromatic carbocycles. The van der Waals surface area contributed by atoms with Crippen molar-refractivity contribution in [3.8, 4) is 0 Å². The molecule has 7 nitrogen and oxygen atoms in total. The summed E-state index contributed by atoms with van der Waals surface area (Å²) >= 11 is 0. The van der Waals surface area contributed by atoms with Crippen LogP contribution in [0.4, 0.5) is 0 Å². The minimum atomic E-state index is -3.64. The van der Waals surface area contributed by atoms with Crippen LogP contribution in [-0.2, 0) is 21.9 Å². The van der Waals surface area contributed by atoms with Gasteiger partial charge in [-0.05, 0) is 44.4 Å². The minimum Gasteiger partial charge on any atom is -0.338 e. The maximum absolute atomic E-state index is 13.2. The molecule has 1 aromatic heterocycles. The average Bonchev–Trinajstić information content (AvgIpc) is 2.85. The number of benzene rings is 1. The van der Waals surface area contributed by atoms with Crippen molar-refractivity contribution in [1.82, 2.24) is 19.0 Å². The van der Waals surface area contributed by atoms with Gasteiger partial charge in [-0.1, -0.05) is 24.3 Å². The van der Waals surface area contributed by atoms with E-state index in [1.807, 2.05) is 37.3 Å². The third kappa shape index (κ3) is 4.43. The molecule has 0 aliphatic carbocycles. The highest BCUT2D eigenvalue weighted by molar-refractivity contribution is 7.89. The van der Waals surface area contributed by atoms with E-state index in [1.54, 1.807) is 36.6 Å². The Balaban J connectivity index is 1.72. The number of nitrogens with zero attached hydrogens (tertiary/aromatic N) is 4. The van der Waals surface area contributed by atoms with Gasteiger partial charge in [0.1, 0.15) is 4.90 Å². The van der Waals surface area contributed by atoms with E-state index in [-0.39, 0.29) is 17.3 Å². The zero-order valence-electron chi connectivity index (χ0n) is 17.4. The van der Waals surface area contributed by atoms with Gasteiger partial charge in [-0.15, -0.1) is 0 Å². The molecule has 29 heavy (non-hydrogen) atoms. The molecular weight excluding hydrogens is 388 g/mol. The van der Waals surface area contributed by atoms with Crippen molar-refractivity contribution in [2.45, 2.75) is 32.1 Å². The number of aromatic nitrogens is 2. The van der Waals surface area contributed by atoms with Gasteiger partial charge in [0.25, 0.3) is 0 Å². The van der Waals surface area contributed by atoms with Gasteiger partial charge in [0.2, 0.25) is 15.9 Å². The smallest absolute Gasteiger partial charge is 0.246 e. The number of carbonyl (C=O) groups is 1. The van der Waals surface area contributed by atoms with Crippen LogP contribution in [0.15, 0.2) is 35.2 Å². The molecule has 1 aliphatic heterocycles. The standard InChI is InChI=1S/C21H28N4O3S/c1-16-8-5-6-9-19(16)10-11-20(26)24-12-7-13-25(15-14-24)29(27,28)21-17(2)22-23(4)18(21)3/h5-6,8-11H,7,12-15H2,1-4H3/b11-10+. The summed E-state index contributed by atoms with van der Waals surface area (Å²) in [5.41, 5.74) is 3.23. The molecule has 0 N–H and O–H groups in total. The van der Waals surface area contributed by atoms with Crippen molar-refractivity contribution in [3.05, 3.63) is 52.9 Å². The number of carbonyl (C=O) groups excluding carboxylic acids is 1. The quantitative estimate of drug-likeness (QED) is 0.717. The Labute approximate surface area is 172 Å². The fourth-order valence-corrected chi connectivity index (χ4v) is 5.52. The van der Waals surface area contributed by atoms with Crippen molar-refractivity contribution >= 4 is 22.0 Å². The van der Waals surface area contributed by atoms with Crippen LogP contribution in [-0.4, -0.2) is 59.5 Å². The van der Waals surface area contributed by atoms with E-state index in [4.69, 9.17) is 0 Å². The van der Waals surface area contributed by atoms with Crippen LogP contribution in [0, 0.1) is 20.8 Å². The maximum atomic E-state index is 13.2. The normalized spacial score (nSPS) is 16.3. The highest BCUT2D eigenvalue weighted by Gasteiger charge is 2.32. The Kier molecular flexibility index (Phi) is 6.24. The molecule has 0 bridgehead atoms.